The van der Waals surface area contributed by atoms with E-state index >= 15 is 0 Å². The van der Waals surface area contributed by atoms with E-state index in [0.29, 0.717) is 19.0 Å². The Balaban J connectivity index is 1.65. The monoisotopic (exact) mass is 447 g/mol. The number of thiophene rings is 1. The van der Waals surface area contributed by atoms with Crippen molar-refractivity contribution in [2.24, 2.45) is 4.99 Å². The third kappa shape index (κ3) is 7.37. The van der Waals surface area contributed by atoms with Crippen LogP contribution in [0.5, 0.6) is 0 Å². The van der Waals surface area contributed by atoms with Gasteiger partial charge in [0.15, 0.2) is 5.96 Å². The van der Waals surface area contributed by atoms with Gasteiger partial charge in [0.25, 0.3) is 0 Å². The topological polar surface area (TPSA) is 82.3 Å². The second-order valence-electron chi connectivity index (χ2n) is 7.70. The molecule has 31 heavy (non-hydrogen) atoms. The lowest BCUT2D eigenvalue weighted by Gasteiger charge is -2.34. The van der Waals surface area contributed by atoms with Crippen LogP contribution in [0.2, 0.25) is 0 Å². The van der Waals surface area contributed by atoms with Gasteiger partial charge in [0, 0.05) is 56.4 Å². The first-order chi connectivity index (χ1) is 15.0. The Hall–Kier alpha value is -2.36. The molecule has 1 unspecified atom stereocenters. The number of aliphatic imine (C=N–C) groups is 1. The number of morpholine rings is 1. The number of guanidine groups is 1. The molecular weight excluding hydrogens is 414 g/mol. The minimum Gasteiger partial charge on any atom is -0.469 e. The highest BCUT2D eigenvalue weighted by atomic mass is 32.1. The van der Waals surface area contributed by atoms with Crippen LogP contribution in [-0.4, -0.2) is 81.7 Å². The first-order valence-electron chi connectivity index (χ1n) is 10.7. The van der Waals surface area contributed by atoms with Gasteiger partial charge in [-0.2, -0.15) is 0 Å². The molecule has 0 aromatic carbocycles. The van der Waals surface area contributed by atoms with Gasteiger partial charge in [-0.15, -0.1) is 11.3 Å². The number of hydrogen-bond donors (Lipinski definition) is 2. The molecule has 170 valence electrons. The average Bonchev–Trinajstić information content (AvgIpc) is 3.44. The summed E-state index contributed by atoms with van der Waals surface area (Å²) in [5.41, 5.74) is 0. The number of nitrogens with zero attached hydrogens (tertiary/aromatic N) is 3. The summed E-state index contributed by atoms with van der Waals surface area (Å²) >= 11 is 1.82. The Morgan fingerprint density at radius 1 is 1.26 bits per heavy atom. The minimum atomic E-state index is -0.0363. The highest BCUT2D eigenvalue weighted by Crippen LogP contribution is 2.27. The van der Waals surface area contributed by atoms with Gasteiger partial charge in [-0.3, -0.25) is 9.69 Å². The molecule has 1 aliphatic heterocycles. The maximum Gasteiger partial charge on any atom is 0.243 e. The zero-order chi connectivity index (χ0) is 22.1. The van der Waals surface area contributed by atoms with Crippen molar-refractivity contribution in [1.82, 2.24) is 20.4 Å². The number of likely N-dealkylation sites (N-methyl/N-ethyl adjacent to an activating group) is 1. The Kier molecular flexibility index (Phi) is 8.93. The van der Waals surface area contributed by atoms with Crippen LogP contribution in [0.25, 0.3) is 0 Å². The fourth-order valence-electron chi connectivity index (χ4n) is 3.35. The largest absolute Gasteiger partial charge is 0.469 e. The summed E-state index contributed by atoms with van der Waals surface area (Å²) < 4.78 is 11.0. The number of furan rings is 1. The Morgan fingerprint density at radius 2 is 2.06 bits per heavy atom. The molecule has 2 aromatic rings. The van der Waals surface area contributed by atoms with Crippen LogP contribution in [0, 0.1) is 6.92 Å². The molecule has 3 heterocycles. The maximum atomic E-state index is 12.0. The van der Waals surface area contributed by atoms with Crippen molar-refractivity contribution in [3.05, 3.63) is 46.0 Å². The number of amides is 1. The van der Waals surface area contributed by atoms with E-state index in [1.54, 1.807) is 25.3 Å². The van der Waals surface area contributed by atoms with E-state index in [2.05, 4.69) is 39.6 Å². The van der Waals surface area contributed by atoms with E-state index < -0.39 is 0 Å². The number of nitrogens with one attached hydrogen (secondary N) is 2. The van der Waals surface area contributed by atoms with Gasteiger partial charge in [0.2, 0.25) is 5.91 Å². The number of ether oxygens (including phenoxy) is 1. The third-order valence-corrected chi connectivity index (χ3v) is 6.26. The fraction of sp³-hybridized carbons (Fsp3) is 0.545. The molecule has 0 aliphatic carbocycles. The molecular formula is C22H33N5O3S. The van der Waals surface area contributed by atoms with E-state index in [0.717, 1.165) is 38.5 Å². The molecule has 1 aliphatic rings. The Labute approximate surface area is 188 Å². The van der Waals surface area contributed by atoms with Crippen molar-refractivity contribution in [1.29, 1.82) is 0 Å². The van der Waals surface area contributed by atoms with E-state index in [1.165, 1.54) is 9.75 Å². The van der Waals surface area contributed by atoms with Crippen molar-refractivity contribution in [2.75, 3.05) is 60.0 Å². The summed E-state index contributed by atoms with van der Waals surface area (Å²) in [6.07, 6.45) is 2.42. The van der Waals surface area contributed by atoms with Crippen molar-refractivity contribution in [3.63, 3.8) is 0 Å². The molecule has 8 nitrogen and oxygen atoms in total. The summed E-state index contributed by atoms with van der Waals surface area (Å²) in [5, 5.41) is 6.80. The lowest BCUT2D eigenvalue weighted by atomic mass is 10.2. The zero-order valence-electron chi connectivity index (χ0n) is 18.6. The molecule has 1 amide bonds. The van der Waals surface area contributed by atoms with Gasteiger partial charge in [-0.05, 0) is 31.2 Å². The smallest absolute Gasteiger partial charge is 0.243 e. The predicted octanol–water partition coefficient (Wildman–Crippen LogP) is 1.89. The predicted molar refractivity (Wildman–Crippen MR) is 124 cm³/mol. The lowest BCUT2D eigenvalue weighted by Crippen LogP contribution is -2.46. The molecule has 0 bridgehead atoms. The van der Waals surface area contributed by atoms with Crippen molar-refractivity contribution in [2.45, 2.75) is 19.4 Å². The molecule has 0 radical (unpaired) electrons. The van der Waals surface area contributed by atoms with Crippen molar-refractivity contribution in [3.8, 4) is 0 Å². The van der Waals surface area contributed by atoms with E-state index in [-0.39, 0.29) is 18.5 Å². The van der Waals surface area contributed by atoms with E-state index in [4.69, 9.17) is 9.15 Å². The first-order valence-corrected chi connectivity index (χ1v) is 11.5. The standard InChI is InChI=1S/C22H33N5O3S/c1-17-6-7-20(31-17)19(27-10-13-29-14-11-27)15-24-22(25-16-21(28)26(2)3)23-9-8-18-5-4-12-30-18/h4-7,12,19H,8-11,13-16H2,1-3H3,(H2,23,24,25). The number of aryl methyl sites for hydroxylation is 1. The summed E-state index contributed by atoms with van der Waals surface area (Å²) in [7, 11) is 3.48. The molecule has 2 N–H and O–H groups in total. The second kappa shape index (κ2) is 11.9. The molecule has 2 aromatic heterocycles. The summed E-state index contributed by atoms with van der Waals surface area (Å²) in [6, 6.07) is 8.44. The van der Waals surface area contributed by atoms with Gasteiger partial charge in [-0.1, -0.05) is 0 Å². The molecule has 1 saturated heterocycles. The van der Waals surface area contributed by atoms with Crippen LogP contribution in [0.1, 0.15) is 21.6 Å². The highest BCUT2D eigenvalue weighted by Gasteiger charge is 2.24. The SMILES string of the molecule is Cc1ccc(C(CNC(=NCC(=O)N(C)C)NCCc2ccco2)N2CCOCC2)s1. The number of rotatable bonds is 9. The maximum absolute atomic E-state index is 12.0. The lowest BCUT2D eigenvalue weighted by molar-refractivity contribution is -0.127. The fourth-order valence-corrected chi connectivity index (χ4v) is 4.36. The average molecular weight is 448 g/mol. The molecule has 3 rings (SSSR count). The van der Waals surface area contributed by atoms with Gasteiger partial charge in [0.05, 0.1) is 25.5 Å². The molecule has 0 spiro atoms. The van der Waals surface area contributed by atoms with Crippen LogP contribution >= 0.6 is 11.3 Å². The molecule has 9 heteroatoms. The number of carbonyl (C=O) groups is 1. The first kappa shape index (κ1) is 23.3. The van der Waals surface area contributed by atoms with Crippen LogP contribution in [0.3, 0.4) is 0 Å². The summed E-state index contributed by atoms with van der Waals surface area (Å²) in [6.45, 7) is 6.90. The van der Waals surface area contributed by atoms with Gasteiger partial charge in [0.1, 0.15) is 12.3 Å². The van der Waals surface area contributed by atoms with Gasteiger partial charge in [-0.25, -0.2) is 4.99 Å². The van der Waals surface area contributed by atoms with Crippen LogP contribution < -0.4 is 10.6 Å². The Morgan fingerprint density at radius 3 is 2.71 bits per heavy atom. The van der Waals surface area contributed by atoms with Crippen molar-refractivity contribution >= 4 is 23.2 Å². The summed E-state index contributed by atoms with van der Waals surface area (Å²) in [5.74, 6) is 1.51. The minimum absolute atomic E-state index is 0.0363. The number of hydrogen-bond acceptors (Lipinski definition) is 6. The number of carbonyl (C=O) groups excluding carboxylic acids is 1. The van der Waals surface area contributed by atoms with Gasteiger partial charge < -0.3 is 24.7 Å². The quantitative estimate of drug-likeness (QED) is 0.451. The van der Waals surface area contributed by atoms with Crippen LogP contribution in [0.15, 0.2) is 39.9 Å². The van der Waals surface area contributed by atoms with Crippen LogP contribution in [-0.2, 0) is 16.0 Å². The van der Waals surface area contributed by atoms with Crippen LogP contribution in [0.4, 0.5) is 0 Å². The molecule has 1 fully saturated rings. The molecule has 0 saturated carbocycles. The molecule has 1 atom stereocenters. The van der Waals surface area contributed by atoms with Gasteiger partial charge >= 0.3 is 0 Å². The summed E-state index contributed by atoms with van der Waals surface area (Å²) in [4.78, 5) is 23.2. The Bertz CT molecular complexity index is 828. The second-order valence-corrected chi connectivity index (χ2v) is 9.02. The van der Waals surface area contributed by atoms with Crippen molar-refractivity contribution < 1.29 is 13.9 Å². The van der Waals surface area contributed by atoms with E-state index in [1.807, 2.05) is 23.5 Å². The van der Waals surface area contributed by atoms with E-state index in [9.17, 15) is 4.79 Å². The zero-order valence-corrected chi connectivity index (χ0v) is 19.4. The highest BCUT2D eigenvalue weighted by molar-refractivity contribution is 7.12. The third-order valence-electron chi connectivity index (χ3n) is 5.15. The normalized spacial score (nSPS) is 16.2.